The van der Waals surface area contributed by atoms with Crippen molar-refractivity contribution >= 4 is 32.3 Å². The summed E-state index contributed by atoms with van der Waals surface area (Å²) < 4.78 is 6.14. The summed E-state index contributed by atoms with van der Waals surface area (Å²) in [5, 5.41) is 7.51. The van der Waals surface area contributed by atoms with E-state index in [1.165, 1.54) is 76.8 Å². The van der Waals surface area contributed by atoms with Gasteiger partial charge in [0.25, 0.3) is 0 Å². The van der Waals surface area contributed by atoms with Crippen molar-refractivity contribution < 1.29 is 4.74 Å². The van der Waals surface area contributed by atoms with E-state index >= 15 is 0 Å². The van der Waals surface area contributed by atoms with Crippen molar-refractivity contribution in [1.82, 2.24) is 0 Å². The van der Waals surface area contributed by atoms with Crippen molar-refractivity contribution in [3.05, 3.63) is 163 Å². The van der Waals surface area contributed by atoms with Crippen LogP contribution < -0.4 is 4.74 Å². The molecule has 0 aliphatic rings. The molecule has 0 atom stereocenters. The SMILES string of the molecule is CCc1c(-c2c(OC)cccc2-c2c3ccccc3c(-c3ccc(-c4ccccc4)cc3)c3ccccc23)ccc2ccccc12. The van der Waals surface area contributed by atoms with Crippen molar-refractivity contribution in [3.8, 4) is 50.3 Å². The van der Waals surface area contributed by atoms with E-state index in [2.05, 4.69) is 165 Å². The molecule has 8 rings (SSSR count). The Morgan fingerprint density at radius 2 is 0.935 bits per heavy atom. The maximum Gasteiger partial charge on any atom is 0.127 e. The molecule has 0 aliphatic heterocycles. The van der Waals surface area contributed by atoms with E-state index in [0.29, 0.717) is 0 Å². The van der Waals surface area contributed by atoms with Crippen LogP contribution in [0.5, 0.6) is 5.75 Å². The van der Waals surface area contributed by atoms with E-state index < -0.39 is 0 Å². The number of hydrogen-bond donors (Lipinski definition) is 0. The fourth-order valence-electron chi connectivity index (χ4n) is 7.33. The van der Waals surface area contributed by atoms with Gasteiger partial charge in [0.15, 0.2) is 0 Å². The molecule has 0 saturated carbocycles. The van der Waals surface area contributed by atoms with Crippen LogP contribution in [0.15, 0.2) is 158 Å². The van der Waals surface area contributed by atoms with Gasteiger partial charge in [-0.2, -0.15) is 0 Å². The Morgan fingerprint density at radius 1 is 0.391 bits per heavy atom. The summed E-state index contributed by atoms with van der Waals surface area (Å²) >= 11 is 0. The number of rotatable bonds is 6. The van der Waals surface area contributed by atoms with Gasteiger partial charge >= 0.3 is 0 Å². The largest absolute Gasteiger partial charge is 0.496 e. The number of fused-ring (bicyclic) bond motifs is 3. The predicted octanol–water partition coefficient (Wildman–Crippen LogP) is 12.4. The first-order valence-corrected chi connectivity index (χ1v) is 16.0. The molecule has 0 unspecified atom stereocenters. The zero-order valence-electron chi connectivity index (χ0n) is 26.1. The first-order chi connectivity index (χ1) is 22.8. The summed E-state index contributed by atoms with van der Waals surface area (Å²) in [6, 6.07) is 57.1. The second-order valence-corrected chi connectivity index (χ2v) is 11.8. The zero-order chi connectivity index (χ0) is 31.0. The monoisotopic (exact) mass is 590 g/mol. The Bertz CT molecular complexity index is 2310. The van der Waals surface area contributed by atoms with Gasteiger partial charge in [-0.1, -0.05) is 159 Å². The van der Waals surface area contributed by atoms with Gasteiger partial charge in [0.2, 0.25) is 0 Å². The van der Waals surface area contributed by atoms with E-state index in [0.717, 1.165) is 17.7 Å². The lowest BCUT2D eigenvalue weighted by Crippen LogP contribution is -1.98. The molecule has 0 saturated heterocycles. The van der Waals surface area contributed by atoms with Gasteiger partial charge in [0.05, 0.1) is 7.11 Å². The molecule has 0 aromatic heterocycles. The number of ether oxygens (including phenoxy) is 1. The molecule has 46 heavy (non-hydrogen) atoms. The third-order valence-electron chi connectivity index (χ3n) is 9.39. The van der Waals surface area contributed by atoms with E-state index in [4.69, 9.17) is 4.74 Å². The van der Waals surface area contributed by atoms with Crippen molar-refractivity contribution in [2.24, 2.45) is 0 Å². The molecule has 0 aliphatic carbocycles. The molecule has 8 aromatic carbocycles. The van der Waals surface area contributed by atoms with E-state index in [9.17, 15) is 0 Å². The van der Waals surface area contributed by atoms with Crippen LogP contribution in [0.25, 0.3) is 76.8 Å². The van der Waals surface area contributed by atoms with Crippen molar-refractivity contribution in [2.45, 2.75) is 13.3 Å². The lowest BCUT2D eigenvalue weighted by molar-refractivity contribution is 0.416. The van der Waals surface area contributed by atoms with E-state index in [1.54, 1.807) is 7.11 Å². The van der Waals surface area contributed by atoms with Gasteiger partial charge in [-0.3, -0.25) is 0 Å². The van der Waals surface area contributed by atoms with Crippen LogP contribution >= 0.6 is 0 Å². The fourth-order valence-corrected chi connectivity index (χ4v) is 7.33. The first-order valence-electron chi connectivity index (χ1n) is 16.0. The molecule has 0 spiro atoms. The average molecular weight is 591 g/mol. The highest BCUT2D eigenvalue weighted by atomic mass is 16.5. The van der Waals surface area contributed by atoms with Crippen LogP contribution in [0, 0.1) is 0 Å². The maximum atomic E-state index is 6.14. The van der Waals surface area contributed by atoms with Crippen LogP contribution in [0.2, 0.25) is 0 Å². The number of aryl methyl sites for hydroxylation is 1. The van der Waals surface area contributed by atoms with Crippen LogP contribution in [0.4, 0.5) is 0 Å². The zero-order valence-corrected chi connectivity index (χ0v) is 26.1. The van der Waals surface area contributed by atoms with E-state index in [-0.39, 0.29) is 0 Å². The number of benzene rings is 8. The second-order valence-electron chi connectivity index (χ2n) is 11.8. The highest BCUT2D eigenvalue weighted by Gasteiger charge is 2.22. The third-order valence-corrected chi connectivity index (χ3v) is 9.39. The van der Waals surface area contributed by atoms with Gasteiger partial charge in [0.1, 0.15) is 5.75 Å². The summed E-state index contributed by atoms with van der Waals surface area (Å²) in [6.45, 7) is 2.25. The van der Waals surface area contributed by atoms with Gasteiger partial charge in [-0.05, 0) is 89.3 Å². The Kier molecular flexibility index (Phi) is 7.08. The van der Waals surface area contributed by atoms with Crippen LogP contribution in [-0.4, -0.2) is 7.11 Å². The molecule has 220 valence electrons. The average Bonchev–Trinajstić information content (AvgIpc) is 3.13. The van der Waals surface area contributed by atoms with E-state index in [1.807, 2.05) is 0 Å². The minimum Gasteiger partial charge on any atom is -0.496 e. The maximum absolute atomic E-state index is 6.14. The van der Waals surface area contributed by atoms with Gasteiger partial charge in [-0.25, -0.2) is 0 Å². The topological polar surface area (TPSA) is 9.23 Å². The predicted molar refractivity (Wildman–Crippen MR) is 197 cm³/mol. The molecule has 1 heteroatoms. The van der Waals surface area contributed by atoms with Gasteiger partial charge in [-0.15, -0.1) is 0 Å². The normalized spacial score (nSPS) is 11.3. The van der Waals surface area contributed by atoms with Crippen LogP contribution in [0.1, 0.15) is 12.5 Å². The second kappa shape index (κ2) is 11.7. The summed E-state index contributed by atoms with van der Waals surface area (Å²) in [7, 11) is 1.79. The Hall–Kier alpha value is -5.66. The van der Waals surface area contributed by atoms with Gasteiger partial charge in [0, 0.05) is 5.56 Å². The summed E-state index contributed by atoms with van der Waals surface area (Å²) in [5.41, 5.74) is 11.1. The number of hydrogen-bond acceptors (Lipinski definition) is 1. The van der Waals surface area contributed by atoms with Crippen molar-refractivity contribution in [2.75, 3.05) is 7.11 Å². The highest BCUT2D eigenvalue weighted by molar-refractivity contribution is 6.22. The lowest BCUT2D eigenvalue weighted by atomic mass is 9.82. The molecule has 1 nitrogen and oxygen atoms in total. The molecular formula is C45H34O. The van der Waals surface area contributed by atoms with Crippen LogP contribution in [0.3, 0.4) is 0 Å². The smallest absolute Gasteiger partial charge is 0.127 e. The van der Waals surface area contributed by atoms with Gasteiger partial charge < -0.3 is 4.74 Å². The van der Waals surface area contributed by atoms with Crippen molar-refractivity contribution in [1.29, 1.82) is 0 Å². The highest BCUT2D eigenvalue weighted by Crippen LogP contribution is 2.49. The molecule has 0 fully saturated rings. The standard InChI is InChI=1S/C45H34O/c1-3-34-35-17-8-7-16-32(35)28-29-40(34)45-41(22-13-23-42(45)46-2)44-38-20-11-9-18-36(38)43(37-19-10-12-21-39(37)44)33-26-24-31(25-27-33)30-14-5-4-6-15-30/h4-29H,3H2,1-2H3. The Balaban J connectivity index is 1.43. The lowest BCUT2D eigenvalue weighted by Gasteiger charge is -2.22. The first kappa shape index (κ1) is 27.9. The number of methoxy groups -OCH3 is 1. The minimum absolute atomic E-state index is 0.885. The molecule has 8 aromatic rings. The Morgan fingerprint density at radius 3 is 1.57 bits per heavy atom. The molecule has 0 radical (unpaired) electrons. The summed E-state index contributed by atoms with van der Waals surface area (Å²) in [4.78, 5) is 0. The third kappa shape index (κ3) is 4.55. The van der Waals surface area contributed by atoms with Crippen LogP contribution in [-0.2, 0) is 6.42 Å². The summed E-state index contributed by atoms with van der Waals surface area (Å²) in [5.74, 6) is 0.885. The summed E-state index contributed by atoms with van der Waals surface area (Å²) in [6.07, 6.45) is 0.924. The molecule has 0 N–H and O–H groups in total. The fraction of sp³-hybridized carbons (Fsp3) is 0.0667. The van der Waals surface area contributed by atoms with Crippen molar-refractivity contribution in [3.63, 3.8) is 0 Å². The molecule has 0 bridgehead atoms. The molecule has 0 amide bonds. The molecule has 0 heterocycles. The quantitative estimate of drug-likeness (QED) is 0.175. The minimum atomic E-state index is 0.885. The molecular weight excluding hydrogens is 556 g/mol. The Labute approximate surface area is 270 Å².